The van der Waals surface area contributed by atoms with Crippen LogP contribution in [0.15, 0.2) is 12.3 Å². The van der Waals surface area contributed by atoms with E-state index in [1.165, 1.54) is 6.08 Å². The molecule has 0 aromatic carbocycles. The van der Waals surface area contributed by atoms with Crippen LogP contribution in [0.4, 0.5) is 0 Å². The highest BCUT2D eigenvalue weighted by Crippen LogP contribution is 1.85. The quantitative estimate of drug-likeness (QED) is 0.410. The smallest absolute Gasteiger partial charge is 0.305 e. The van der Waals surface area contributed by atoms with E-state index >= 15 is 0 Å². The lowest BCUT2D eigenvalue weighted by Crippen LogP contribution is -1.95. The minimum absolute atomic E-state index is 0.993. The molecule has 0 bridgehead atoms. The van der Waals surface area contributed by atoms with Crippen molar-refractivity contribution < 1.29 is 12.6 Å². The molecule has 0 saturated heterocycles. The van der Waals surface area contributed by atoms with Crippen LogP contribution in [0.5, 0.6) is 0 Å². The van der Waals surface area contributed by atoms with Gasteiger partial charge in [0.25, 0.3) is 0 Å². The average molecular weight is 136 g/mol. The van der Waals surface area contributed by atoms with Crippen molar-refractivity contribution >= 4 is 10.1 Å². The Morgan fingerprint density at radius 3 is 2.12 bits per heavy atom. The van der Waals surface area contributed by atoms with Gasteiger partial charge in [0.2, 0.25) is 0 Å². The summed E-state index contributed by atoms with van der Waals surface area (Å²) in [5.41, 5.74) is 0. The fourth-order valence-electron chi connectivity index (χ4n) is 0.156. The Labute approximate surface area is 49.1 Å². The Morgan fingerprint density at radius 2 is 2.00 bits per heavy atom. The van der Waals surface area contributed by atoms with Crippen molar-refractivity contribution in [2.45, 2.75) is 6.92 Å². The maximum Gasteiger partial charge on any atom is 0.305 e. The first kappa shape index (κ1) is 7.49. The van der Waals surface area contributed by atoms with Crippen molar-refractivity contribution in [3.8, 4) is 0 Å². The summed E-state index contributed by atoms with van der Waals surface area (Å²) in [4.78, 5) is 0. The molecule has 0 spiro atoms. The Morgan fingerprint density at radius 1 is 1.50 bits per heavy atom. The average Bonchev–Trinajstić information content (AvgIpc) is 1.59. The molecule has 0 aliphatic rings. The van der Waals surface area contributed by atoms with Crippen LogP contribution in [-0.4, -0.2) is 14.7 Å². The van der Waals surface area contributed by atoms with Gasteiger partial charge in [-0.15, -0.1) is 0 Å². The van der Waals surface area contributed by atoms with Gasteiger partial charge >= 0.3 is 10.1 Å². The monoisotopic (exact) mass is 136 g/mol. The minimum atomic E-state index is -3.27. The van der Waals surface area contributed by atoms with E-state index in [-0.39, 0.29) is 0 Å². The van der Waals surface area contributed by atoms with Crippen LogP contribution in [0.25, 0.3) is 0 Å². The second kappa shape index (κ2) is 2.71. The minimum Gasteiger partial charge on any atom is -0.391 e. The second-order valence-corrected chi connectivity index (χ2v) is 2.87. The van der Waals surface area contributed by atoms with Gasteiger partial charge < -0.3 is 4.18 Å². The molecule has 0 heterocycles. The SMILES string of the molecule is C/C=C/OS(C)(=O)=O. The lowest BCUT2D eigenvalue weighted by Gasteiger charge is -1.90. The van der Waals surface area contributed by atoms with E-state index in [2.05, 4.69) is 4.18 Å². The van der Waals surface area contributed by atoms with Gasteiger partial charge in [-0.3, -0.25) is 0 Å². The Bertz CT molecular complexity index is 166. The third-order valence-electron chi connectivity index (χ3n) is 0.366. The summed E-state index contributed by atoms with van der Waals surface area (Å²) >= 11 is 0. The highest BCUT2D eigenvalue weighted by atomic mass is 32.2. The van der Waals surface area contributed by atoms with Crippen molar-refractivity contribution in [3.05, 3.63) is 12.3 Å². The normalized spacial score (nSPS) is 12.2. The van der Waals surface area contributed by atoms with E-state index in [1.807, 2.05) is 0 Å². The Balaban J connectivity index is 3.76. The molecule has 3 nitrogen and oxygen atoms in total. The lowest BCUT2D eigenvalue weighted by atomic mass is 10.8. The van der Waals surface area contributed by atoms with Crippen LogP contribution in [0.3, 0.4) is 0 Å². The van der Waals surface area contributed by atoms with E-state index in [4.69, 9.17) is 0 Å². The highest BCUT2D eigenvalue weighted by Gasteiger charge is 1.93. The van der Waals surface area contributed by atoms with Crippen LogP contribution in [0, 0.1) is 0 Å². The van der Waals surface area contributed by atoms with Gasteiger partial charge in [-0.1, -0.05) is 6.08 Å². The van der Waals surface area contributed by atoms with Crippen LogP contribution >= 0.6 is 0 Å². The largest absolute Gasteiger partial charge is 0.391 e. The maximum absolute atomic E-state index is 10.1. The summed E-state index contributed by atoms with van der Waals surface area (Å²) in [5.74, 6) is 0. The molecule has 4 heteroatoms. The first-order chi connectivity index (χ1) is 3.56. The van der Waals surface area contributed by atoms with Crippen LogP contribution in [0.1, 0.15) is 6.92 Å². The molecule has 0 aliphatic carbocycles. The number of rotatable bonds is 2. The van der Waals surface area contributed by atoms with Gasteiger partial charge in [0, 0.05) is 0 Å². The van der Waals surface area contributed by atoms with Crippen molar-refractivity contribution in [1.29, 1.82) is 0 Å². The van der Waals surface area contributed by atoms with Gasteiger partial charge in [-0.05, 0) is 6.92 Å². The summed E-state index contributed by atoms with van der Waals surface area (Å²) < 4.78 is 24.4. The van der Waals surface area contributed by atoms with Crippen molar-refractivity contribution in [3.63, 3.8) is 0 Å². The molecule has 0 radical (unpaired) electrons. The van der Waals surface area contributed by atoms with Gasteiger partial charge in [0.05, 0.1) is 6.26 Å². The Kier molecular flexibility index (Phi) is 2.54. The molecule has 0 saturated carbocycles. The lowest BCUT2D eigenvalue weighted by molar-refractivity contribution is 0.449. The van der Waals surface area contributed by atoms with Crippen LogP contribution in [0.2, 0.25) is 0 Å². The number of allylic oxidation sites excluding steroid dienone is 1. The topological polar surface area (TPSA) is 43.4 Å². The maximum atomic E-state index is 10.1. The summed E-state index contributed by atoms with van der Waals surface area (Å²) in [7, 11) is -3.27. The van der Waals surface area contributed by atoms with Crippen molar-refractivity contribution in [1.82, 2.24) is 0 Å². The molecular weight excluding hydrogens is 128 g/mol. The Hall–Kier alpha value is -0.510. The molecule has 0 amide bonds. The molecular formula is C4H8O3S. The standard InChI is InChI=1S/C4H8O3S/c1-3-4-7-8(2,5)6/h3-4H,1-2H3/b4-3+. The fourth-order valence-corrected chi connectivity index (χ4v) is 0.469. The molecule has 0 atom stereocenters. The zero-order valence-electron chi connectivity index (χ0n) is 4.79. The second-order valence-electron chi connectivity index (χ2n) is 1.27. The first-order valence-corrected chi connectivity index (χ1v) is 3.87. The van der Waals surface area contributed by atoms with Crippen LogP contribution < -0.4 is 0 Å². The van der Waals surface area contributed by atoms with Crippen molar-refractivity contribution in [2.75, 3.05) is 6.26 Å². The summed E-state index contributed by atoms with van der Waals surface area (Å²) in [6.45, 7) is 1.67. The van der Waals surface area contributed by atoms with E-state index in [0.29, 0.717) is 0 Å². The third-order valence-corrected chi connectivity index (χ3v) is 0.827. The molecule has 0 N–H and O–H groups in total. The third kappa shape index (κ3) is 5.49. The fraction of sp³-hybridized carbons (Fsp3) is 0.500. The molecule has 0 rings (SSSR count). The van der Waals surface area contributed by atoms with E-state index in [1.54, 1.807) is 6.92 Å². The summed E-state index contributed by atoms with van der Waals surface area (Å²) in [6.07, 6.45) is 3.61. The highest BCUT2D eigenvalue weighted by molar-refractivity contribution is 7.86. The predicted octanol–water partition coefficient (Wildman–Crippen LogP) is 0.496. The molecule has 0 aliphatic heterocycles. The zero-order valence-corrected chi connectivity index (χ0v) is 5.60. The van der Waals surface area contributed by atoms with E-state index < -0.39 is 10.1 Å². The predicted molar refractivity (Wildman–Crippen MR) is 30.7 cm³/mol. The first-order valence-electron chi connectivity index (χ1n) is 2.05. The van der Waals surface area contributed by atoms with E-state index in [0.717, 1.165) is 12.5 Å². The molecule has 48 valence electrons. The van der Waals surface area contributed by atoms with Gasteiger partial charge in [0.1, 0.15) is 6.26 Å². The molecule has 0 fully saturated rings. The van der Waals surface area contributed by atoms with Gasteiger partial charge in [-0.2, -0.15) is 8.42 Å². The number of hydrogen-bond donors (Lipinski definition) is 0. The molecule has 8 heavy (non-hydrogen) atoms. The van der Waals surface area contributed by atoms with Crippen LogP contribution in [-0.2, 0) is 14.3 Å². The summed E-state index contributed by atoms with van der Waals surface area (Å²) in [6, 6.07) is 0. The van der Waals surface area contributed by atoms with Crippen molar-refractivity contribution in [2.24, 2.45) is 0 Å². The van der Waals surface area contributed by atoms with E-state index in [9.17, 15) is 8.42 Å². The van der Waals surface area contributed by atoms with Gasteiger partial charge in [0.15, 0.2) is 0 Å². The molecule has 0 unspecified atom stereocenters. The summed E-state index contributed by atoms with van der Waals surface area (Å²) in [5, 5.41) is 0. The number of hydrogen-bond acceptors (Lipinski definition) is 3. The molecule has 0 aromatic heterocycles. The molecule has 0 aromatic rings. The zero-order chi connectivity index (χ0) is 6.62. The van der Waals surface area contributed by atoms with Gasteiger partial charge in [-0.25, -0.2) is 0 Å².